The molecule has 50 heavy (non-hydrogen) atoms. The molecular formula is C45H29N5. The Morgan fingerprint density at radius 3 is 1.36 bits per heavy atom. The van der Waals surface area contributed by atoms with Crippen molar-refractivity contribution in [3.63, 3.8) is 0 Å². The molecule has 0 unspecified atom stereocenters. The summed E-state index contributed by atoms with van der Waals surface area (Å²) in [5, 5.41) is 4.91. The summed E-state index contributed by atoms with van der Waals surface area (Å²) in [4.78, 5) is 14.8. The van der Waals surface area contributed by atoms with Crippen molar-refractivity contribution in [2.45, 2.75) is 0 Å². The maximum atomic E-state index is 4.97. The van der Waals surface area contributed by atoms with E-state index in [1.165, 1.54) is 38.1 Å². The Bertz CT molecular complexity index is 2780. The van der Waals surface area contributed by atoms with Crippen LogP contribution in [0.2, 0.25) is 0 Å². The Morgan fingerprint density at radius 2 is 0.760 bits per heavy atom. The largest absolute Gasteiger partial charge is 0.309 e. The lowest BCUT2D eigenvalue weighted by atomic mass is 10.1. The highest BCUT2D eigenvalue weighted by molar-refractivity contribution is 6.26. The molecular weight excluding hydrogens is 611 g/mol. The molecule has 0 spiro atoms. The highest BCUT2D eigenvalue weighted by Gasteiger charge is 2.21. The topological polar surface area (TPSA) is 48.5 Å². The van der Waals surface area contributed by atoms with Crippen molar-refractivity contribution in [1.82, 2.24) is 24.1 Å². The van der Waals surface area contributed by atoms with Gasteiger partial charge in [-0.15, -0.1) is 0 Å². The average Bonchev–Trinajstić information content (AvgIpc) is 3.72. The van der Waals surface area contributed by atoms with Crippen LogP contribution in [0.1, 0.15) is 0 Å². The van der Waals surface area contributed by atoms with Crippen LogP contribution in [0.5, 0.6) is 0 Å². The number of para-hydroxylation sites is 3. The number of hydrogen-bond acceptors (Lipinski definition) is 3. The lowest BCUT2D eigenvalue weighted by Gasteiger charge is -2.11. The van der Waals surface area contributed by atoms with Gasteiger partial charge in [0.05, 0.1) is 22.1 Å². The van der Waals surface area contributed by atoms with Gasteiger partial charge >= 0.3 is 0 Å². The summed E-state index contributed by atoms with van der Waals surface area (Å²) < 4.78 is 4.79. The maximum Gasteiger partial charge on any atom is 0.164 e. The first kappa shape index (κ1) is 28.2. The molecule has 0 amide bonds. The lowest BCUT2D eigenvalue weighted by Crippen LogP contribution is -2.00. The summed E-state index contributed by atoms with van der Waals surface area (Å²) in [5.74, 6) is 1.94. The van der Waals surface area contributed by atoms with E-state index < -0.39 is 0 Å². The molecule has 0 aliphatic heterocycles. The zero-order valence-electron chi connectivity index (χ0n) is 27.0. The van der Waals surface area contributed by atoms with E-state index in [1.54, 1.807) is 0 Å². The van der Waals surface area contributed by atoms with Crippen LogP contribution in [-0.4, -0.2) is 24.1 Å². The maximum absolute atomic E-state index is 4.97. The molecule has 0 radical (unpaired) electrons. The van der Waals surface area contributed by atoms with Gasteiger partial charge in [-0.3, -0.25) is 0 Å². The van der Waals surface area contributed by atoms with Gasteiger partial charge in [-0.05, 0) is 54.6 Å². The first-order chi connectivity index (χ1) is 24.8. The number of rotatable bonds is 5. The van der Waals surface area contributed by atoms with Crippen LogP contribution >= 0.6 is 0 Å². The second kappa shape index (κ2) is 11.4. The Balaban J connectivity index is 1.20. The van der Waals surface area contributed by atoms with Crippen LogP contribution in [0.3, 0.4) is 0 Å². The molecule has 0 aliphatic rings. The summed E-state index contributed by atoms with van der Waals surface area (Å²) in [6.07, 6.45) is 0. The van der Waals surface area contributed by atoms with Gasteiger partial charge < -0.3 is 9.13 Å². The first-order valence-electron chi connectivity index (χ1n) is 16.8. The molecule has 5 nitrogen and oxygen atoms in total. The fourth-order valence-corrected chi connectivity index (χ4v) is 7.33. The normalized spacial score (nSPS) is 11.6. The minimum atomic E-state index is 0.639. The predicted molar refractivity (Wildman–Crippen MR) is 205 cm³/mol. The van der Waals surface area contributed by atoms with Gasteiger partial charge in [0, 0.05) is 49.6 Å². The fraction of sp³-hybridized carbons (Fsp3) is 0. The minimum absolute atomic E-state index is 0.639. The summed E-state index contributed by atoms with van der Waals surface area (Å²) in [7, 11) is 0. The third-order valence-corrected chi connectivity index (χ3v) is 9.57. The quantitative estimate of drug-likeness (QED) is 0.188. The van der Waals surface area contributed by atoms with Gasteiger partial charge in [0.2, 0.25) is 0 Å². The molecule has 10 rings (SSSR count). The number of fused-ring (bicyclic) bond motifs is 7. The van der Waals surface area contributed by atoms with Gasteiger partial charge in [-0.2, -0.15) is 0 Å². The summed E-state index contributed by atoms with van der Waals surface area (Å²) >= 11 is 0. The van der Waals surface area contributed by atoms with Crippen LogP contribution in [0.4, 0.5) is 0 Å². The van der Waals surface area contributed by atoms with Crippen molar-refractivity contribution in [2.75, 3.05) is 0 Å². The van der Waals surface area contributed by atoms with Crippen molar-refractivity contribution in [2.24, 2.45) is 0 Å². The molecule has 0 atom stereocenters. The van der Waals surface area contributed by atoms with E-state index in [-0.39, 0.29) is 0 Å². The zero-order valence-corrected chi connectivity index (χ0v) is 27.0. The Hall–Kier alpha value is -6.85. The van der Waals surface area contributed by atoms with E-state index in [2.05, 4.69) is 124 Å². The lowest BCUT2D eigenvalue weighted by molar-refractivity contribution is 1.07. The van der Waals surface area contributed by atoms with Crippen LogP contribution in [-0.2, 0) is 0 Å². The highest BCUT2D eigenvalue weighted by atomic mass is 15.0. The molecule has 7 aromatic carbocycles. The van der Waals surface area contributed by atoms with Crippen molar-refractivity contribution < 1.29 is 0 Å². The molecule has 0 saturated heterocycles. The summed E-state index contributed by atoms with van der Waals surface area (Å²) in [6.45, 7) is 0. The number of hydrogen-bond donors (Lipinski definition) is 0. The average molecular weight is 640 g/mol. The number of nitrogens with zero attached hydrogens (tertiary/aromatic N) is 5. The molecule has 234 valence electrons. The van der Waals surface area contributed by atoms with Crippen molar-refractivity contribution in [3.8, 4) is 45.5 Å². The van der Waals surface area contributed by atoms with Crippen LogP contribution in [0.15, 0.2) is 176 Å². The van der Waals surface area contributed by atoms with Gasteiger partial charge in [0.1, 0.15) is 0 Å². The van der Waals surface area contributed by atoms with Gasteiger partial charge in [-0.1, -0.05) is 121 Å². The van der Waals surface area contributed by atoms with Crippen molar-refractivity contribution >= 4 is 43.6 Å². The van der Waals surface area contributed by atoms with Gasteiger partial charge in [0.25, 0.3) is 0 Å². The summed E-state index contributed by atoms with van der Waals surface area (Å²) in [5.41, 5.74) is 9.78. The van der Waals surface area contributed by atoms with E-state index in [4.69, 9.17) is 15.0 Å². The van der Waals surface area contributed by atoms with Gasteiger partial charge in [0.15, 0.2) is 17.5 Å². The van der Waals surface area contributed by atoms with E-state index >= 15 is 0 Å². The van der Waals surface area contributed by atoms with Crippen LogP contribution in [0.25, 0.3) is 89.2 Å². The standard InChI is InChI=1S/C45H29N5/c1-4-14-30(15-5-1)43-46-44(31-16-6-2-7-17-31)48-45(47-43)32-24-26-34(27-25-32)50-38-22-12-10-20-35(38)36-28-29-40-41(42(36)50)37-21-11-13-23-39(37)49(40)33-18-8-3-9-19-33/h1-29H. The van der Waals surface area contributed by atoms with E-state index in [9.17, 15) is 0 Å². The monoisotopic (exact) mass is 639 g/mol. The number of aromatic nitrogens is 5. The van der Waals surface area contributed by atoms with Crippen LogP contribution in [0, 0.1) is 0 Å². The Kier molecular flexibility index (Phi) is 6.42. The summed E-state index contributed by atoms with van der Waals surface area (Å²) in [6, 6.07) is 61.4. The molecule has 3 heterocycles. The van der Waals surface area contributed by atoms with E-state index in [0.717, 1.165) is 33.6 Å². The third kappa shape index (κ3) is 4.45. The second-order valence-electron chi connectivity index (χ2n) is 12.5. The highest BCUT2D eigenvalue weighted by Crippen LogP contribution is 2.42. The van der Waals surface area contributed by atoms with E-state index in [0.29, 0.717) is 17.5 Å². The van der Waals surface area contributed by atoms with Crippen molar-refractivity contribution in [1.29, 1.82) is 0 Å². The molecule has 0 bridgehead atoms. The molecule has 10 aromatic rings. The second-order valence-corrected chi connectivity index (χ2v) is 12.5. The molecule has 0 fully saturated rings. The Labute approximate surface area is 288 Å². The minimum Gasteiger partial charge on any atom is -0.309 e. The molecule has 0 N–H and O–H groups in total. The third-order valence-electron chi connectivity index (χ3n) is 9.57. The molecule has 0 saturated carbocycles. The molecule has 0 aliphatic carbocycles. The predicted octanol–water partition coefficient (Wildman–Crippen LogP) is 11.1. The molecule has 5 heteroatoms. The van der Waals surface area contributed by atoms with Crippen LogP contribution < -0.4 is 0 Å². The Morgan fingerprint density at radius 1 is 0.300 bits per heavy atom. The first-order valence-corrected chi connectivity index (χ1v) is 16.8. The van der Waals surface area contributed by atoms with Crippen molar-refractivity contribution in [3.05, 3.63) is 176 Å². The van der Waals surface area contributed by atoms with Gasteiger partial charge in [-0.25, -0.2) is 15.0 Å². The fourth-order valence-electron chi connectivity index (χ4n) is 7.33. The number of benzene rings is 7. The SMILES string of the molecule is c1ccc(-c2nc(-c3ccccc3)nc(-c3ccc(-n4c5ccccc5c5ccc6c(c7ccccc7n6-c6ccccc6)c54)cc3)n2)cc1. The zero-order chi connectivity index (χ0) is 33.0. The van der Waals surface area contributed by atoms with E-state index in [1.807, 2.05) is 60.7 Å². The molecule has 3 aromatic heterocycles. The smallest absolute Gasteiger partial charge is 0.164 e.